The summed E-state index contributed by atoms with van der Waals surface area (Å²) in [6.07, 6.45) is 0. The first-order valence-corrected chi connectivity index (χ1v) is 24.1. The second-order valence-electron chi connectivity index (χ2n) is 17.3. The summed E-state index contributed by atoms with van der Waals surface area (Å²) in [4.78, 5) is 5.26. The summed E-state index contributed by atoms with van der Waals surface area (Å²) in [5, 5.41) is 6.90. The minimum atomic E-state index is 0.701. The van der Waals surface area contributed by atoms with Gasteiger partial charge < -0.3 is 5.73 Å². The molecule has 0 radical (unpaired) electrons. The molecule has 0 aliphatic rings. The first-order valence-electron chi connectivity index (χ1n) is 23.3. The second-order valence-corrected chi connectivity index (χ2v) is 18.4. The minimum absolute atomic E-state index is 0.701. The number of benzene rings is 11. The van der Waals surface area contributed by atoms with Crippen LogP contribution >= 0.6 is 11.3 Å². The number of nitrogens with zero attached hydrogens (tertiary/aromatic N) is 1. The fourth-order valence-corrected chi connectivity index (χ4v) is 10.9. The van der Waals surface area contributed by atoms with Crippen LogP contribution in [0.2, 0.25) is 0 Å². The van der Waals surface area contributed by atoms with Gasteiger partial charge in [0.15, 0.2) is 0 Å². The Kier molecular flexibility index (Phi) is 11.6. The van der Waals surface area contributed by atoms with Gasteiger partial charge in [0.25, 0.3) is 0 Å². The predicted octanol–water partition coefficient (Wildman–Crippen LogP) is 18.9. The molecule has 11 aromatic carbocycles. The molecule has 0 unspecified atom stereocenters. The zero-order valence-electron chi connectivity index (χ0n) is 38.4. The summed E-state index contributed by atoms with van der Waals surface area (Å²) in [5.74, 6) is 0. The van der Waals surface area contributed by atoms with Crippen LogP contribution in [0.25, 0.3) is 108 Å². The number of hydrogen-bond acceptors (Lipinski definition) is 3. The third-order valence-electron chi connectivity index (χ3n) is 13.2. The Labute approximate surface area is 407 Å². The van der Waals surface area contributed by atoms with Crippen molar-refractivity contribution >= 4 is 70.1 Å². The summed E-state index contributed by atoms with van der Waals surface area (Å²) < 4.78 is 2.55. The third kappa shape index (κ3) is 8.20. The van der Waals surface area contributed by atoms with Gasteiger partial charge in [-0.15, -0.1) is 24.5 Å². The van der Waals surface area contributed by atoms with Gasteiger partial charge >= 0.3 is 0 Å². The van der Waals surface area contributed by atoms with Crippen molar-refractivity contribution in [2.75, 3.05) is 5.73 Å². The standard InChI is InChI=1S/C64H44N2S.C2H4/c1-41(66-63-57-31-11-9-29-55(57)54-28-8-10-30-56(54)62(63)65)44-20-12-23-47(34-44)49-25-15-27-52(37-49)58-39-53(50-26-14-22-46(36-50)43-18-6-3-7-19-43)40-60-59-38-51(32-33-61(59)67-64(58)60)48-24-13-21-45(35-48)42-16-4-2-5-17-42;1-2/h2-40H,65H2,1H3;1-2H2. The Morgan fingerprint density at radius 2 is 0.797 bits per heavy atom. The van der Waals surface area contributed by atoms with Crippen molar-refractivity contribution in [3.63, 3.8) is 0 Å². The van der Waals surface area contributed by atoms with E-state index in [0.717, 1.165) is 49.6 Å². The van der Waals surface area contributed by atoms with E-state index in [0.29, 0.717) is 5.69 Å². The highest BCUT2D eigenvalue weighted by Gasteiger charge is 2.17. The molecular weight excluding hydrogens is 853 g/mol. The molecule has 12 rings (SSSR count). The Hall–Kier alpha value is -8.63. The second kappa shape index (κ2) is 18.6. The molecule has 0 spiro atoms. The van der Waals surface area contributed by atoms with Crippen LogP contribution < -0.4 is 5.73 Å². The first-order chi connectivity index (χ1) is 34.0. The molecule has 69 heavy (non-hydrogen) atoms. The van der Waals surface area contributed by atoms with Crippen LogP contribution in [0, 0.1) is 0 Å². The molecule has 0 amide bonds. The molecule has 0 atom stereocenters. The van der Waals surface area contributed by atoms with Crippen LogP contribution in [0.4, 0.5) is 11.4 Å². The van der Waals surface area contributed by atoms with Crippen LogP contribution in [-0.2, 0) is 0 Å². The molecule has 2 N–H and O–H groups in total. The summed E-state index contributed by atoms with van der Waals surface area (Å²) in [5.41, 5.74) is 24.7. The van der Waals surface area contributed by atoms with Gasteiger partial charge in [-0.25, -0.2) is 0 Å². The highest BCUT2D eigenvalue weighted by atomic mass is 32.1. The largest absolute Gasteiger partial charge is 0.396 e. The van der Waals surface area contributed by atoms with Crippen LogP contribution in [0.15, 0.2) is 255 Å². The molecular formula is C66H48N2S. The average Bonchev–Trinajstić information content (AvgIpc) is 3.81. The van der Waals surface area contributed by atoms with Gasteiger partial charge in [-0.1, -0.05) is 188 Å². The normalized spacial score (nSPS) is 11.5. The van der Waals surface area contributed by atoms with Crippen LogP contribution in [0.5, 0.6) is 0 Å². The maximum Gasteiger partial charge on any atom is 0.0947 e. The van der Waals surface area contributed by atoms with E-state index in [9.17, 15) is 0 Å². The monoisotopic (exact) mass is 900 g/mol. The molecule has 1 heterocycles. The third-order valence-corrected chi connectivity index (χ3v) is 14.4. The Morgan fingerprint density at radius 1 is 0.362 bits per heavy atom. The van der Waals surface area contributed by atoms with Crippen molar-refractivity contribution < 1.29 is 0 Å². The molecule has 0 saturated heterocycles. The van der Waals surface area contributed by atoms with E-state index < -0.39 is 0 Å². The molecule has 0 aliphatic carbocycles. The van der Waals surface area contributed by atoms with E-state index in [1.54, 1.807) is 0 Å². The van der Waals surface area contributed by atoms with E-state index in [2.05, 4.69) is 251 Å². The number of aliphatic imine (C=N–C) groups is 1. The number of hydrogen-bond donors (Lipinski definition) is 1. The number of nitrogens with two attached hydrogens (primary N) is 1. The summed E-state index contributed by atoms with van der Waals surface area (Å²) in [6, 6.07) is 85.5. The molecule has 0 fully saturated rings. The van der Waals surface area contributed by atoms with Crippen LogP contribution in [0.1, 0.15) is 12.5 Å². The molecule has 0 bridgehead atoms. The van der Waals surface area contributed by atoms with Gasteiger partial charge in [0.2, 0.25) is 0 Å². The van der Waals surface area contributed by atoms with Crippen molar-refractivity contribution in [2.24, 2.45) is 4.99 Å². The fraction of sp³-hybridized carbons (Fsp3) is 0.0152. The van der Waals surface area contributed by atoms with E-state index >= 15 is 0 Å². The lowest BCUT2D eigenvalue weighted by Gasteiger charge is -2.13. The number of nitrogen functional groups attached to an aromatic ring is 1. The molecule has 3 heteroatoms. The SMILES string of the molecule is C=C.CC(=Nc1c(N)c2ccccc2c2ccccc12)c1cccc(-c2cccc(-c3cc(-c4cccc(-c5ccccc5)c4)cc4c3sc3ccc(-c5cccc(-c6ccccc6)c5)cc34)c2)c1. The summed E-state index contributed by atoms with van der Waals surface area (Å²) in [6.45, 7) is 8.08. The lowest BCUT2D eigenvalue weighted by Crippen LogP contribution is -1.97. The van der Waals surface area contributed by atoms with Gasteiger partial charge in [-0.2, -0.15) is 0 Å². The maximum absolute atomic E-state index is 6.90. The van der Waals surface area contributed by atoms with E-state index in [-0.39, 0.29) is 0 Å². The van der Waals surface area contributed by atoms with Gasteiger partial charge in [-0.3, -0.25) is 4.99 Å². The molecule has 1 aromatic heterocycles. The topological polar surface area (TPSA) is 38.4 Å². The van der Waals surface area contributed by atoms with Gasteiger partial charge in [0.05, 0.1) is 11.4 Å². The first kappa shape index (κ1) is 43.0. The molecule has 0 saturated carbocycles. The van der Waals surface area contributed by atoms with Crippen molar-refractivity contribution in [2.45, 2.75) is 6.92 Å². The number of thiophene rings is 1. The highest BCUT2D eigenvalue weighted by Crippen LogP contribution is 2.46. The van der Waals surface area contributed by atoms with Gasteiger partial charge in [0.1, 0.15) is 0 Å². The Balaban J connectivity index is 0.00000257. The smallest absolute Gasteiger partial charge is 0.0947 e. The molecule has 328 valence electrons. The minimum Gasteiger partial charge on any atom is -0.396 e. The zero-order chi connectivity index (χ0) is 46.8. The molecule has 12 aromatic rings. The van der Waals surface area contributed by atoms with Crippen molar-refractivity contribution in [3.05, 3.63) is 255 Å². The Morgan fingerprint density at radius 3 is 1.42 bits per heavy atom. The van der Waals surface area contributed by atoms with Gasteiger partial charge in [0, 0.05) is 42.2 Å². The zero-order valence-corrected chi connectivity index (χ0v) is 39.2. The fourth-order valence-electron chi connectivity index (χ4n) is 9.75. The molecule has 2 nitrogen and oxygen atoms in total. The van der Waals surface area contributed by atoms with Gasteiger partial charge in [-0.05, 0) is 133 Å². The van der Waals surface area contributed by atoms with E-state index in [1.807, 2.05) is 17.4 Å². The van der Waals surface area contributed by atoms with Crippen molar-refractivity contribution in [1.29, 1.82) is 0 Å². The summed E-state index contributed by atoms with van der Waals surface area (Å²) in [7, 11) is 0. The van der Waals surface area contributed by atoms with Crippen LogP contribution in [-0.4, -0.2) is 5.71 Å². The number of fused-ring (bicyclic) bond motifs is 6. The van der Waals surface area contributed by atoms with Crippen LogP contribution in [0.3, 0.4) is 0 Å². The average molecular weight is 901 g/mol. The highest BCUT2D eigenvalue weighted by molar-refractivity contribution is 7.26. The number of anilines is 1. The lowest BCUT2D eigenvalue weighted by molar-refractivity contribution is 1.50. The van der Waals surface area contributed by atoms with E-state index in [4.69, 9.17) is 10.7 Å². The number of rotatable bonds is 8. The molecule has 0 aliphatic heterocycles. The Bertz CT molecular complexity index is 3900. The maximum atomic E-state index is 6.90. The predicted molar refractivity (Wildman–Crippen MR) is 301 cm³/mol. The van der Waals surface area contributed by atoms with E-state index in [1.165, 1.54) is 75.8 Å². The summed E-state index contributed by atoms with van der Waals surface area (Å²) >= 11 is 1.88. The van der Waals surface area contributed by atoms with Crippen molar-refractivity contribution in [1.82, 2.24) is 0 Å². The quantitative estimate of drug-likeness (QED) is 0.0702. The lowest BCUT2D eigenvalue weighted by atomic mass is 9.92. The van der Waals surface area contributed by atoms with Crippen molar-refractivity contribution in [3.8, 4) is 66.8 Å².